The first-order valence-corrected chi connectivity index (χ1v) is 5.61. The Balaban J connectivity index is 3.10. The molecule has 0 heterocycles. The molecule has 1 aromatic carbocycles. The van der Waals surface area contributed by atoms with Crippen LogP contribution in [0.4, 0.5) is 18.9 Å². The van der Waals surface area contributed by atoms with Gasteiger partial charge >= 0.3 is 6.18 Å². The summed E-state index contributed by atoms with van der Waals surface area (Å²) in [5, 5.41) is 2.18. The molecule has 1 aromatic rings. The normalized spacial score (nSPS) is 12.9. The number of hydrogen-bond donors (Lipinski definition) is 2. The number of anilines is 1. The summed E-state index contributed by atoms with van der Waals surface area (Å²) >= 11 is 0. The van der Waals surface area contributed by atoms with Crippen LogP contribution < -0.4 is 15.8 Å². The molecule has 7 heteroatoms. The SMILES string of the molecule is CC[C@@H](N)C(=O)Nc1ccc(OC)cc1C(F)(F)F. The monoisotopic (exact) mass is 276 g/mol. The second-order valence-corrected chi connectivity index (χ2v) is 3.91. The van der Waals surface area contributed by atoms with Crippen molar-refractivity contribution in [2.75, 3.05) is 12.4 Å². The predicted molar refractivity (Wildman–Crippen MR) is 64.9 cm³/mol. The van der Waals surface area contributed by atoms with E-state index >= 15 is 0 Å². The maximum Gasteiger partial charge on any atom is 0.418 e. The number of amides is 1. The highest BCUT2D eigenvalue weighted by molar-refractivity contribution is 5.95. The number of hydrogen-bond acceptors (Lipinski definition) is 3. The van der Waals surface area contributed by atoms with Crippen LogP contribution in [0.5, 0.6) is 5.75 Å². The van der Waals surface area contributed by atoms with E-state index in [0.29, 0.717) is 6.42 Å². The third-order valence-corrected chi connectivity index (χ3v) is 2.57. The molecule has 1 rings (SSSR count). The molecule has 0 radical (unpaired) electrons. The van der Waals surface area contributed by atoms with Gasteiger partial charge in [0.05, 0.1) is 24.4 Å². The van der Waals surface area contributed by atoms with Crippen LogP contribution in [0.15, 0.2) is 18.2 Å². The Labute approximate surface area is 108 Å². The molecule has 0 aromatic heterocycles. The van der Waals surface area contributed by atoms with E-state index in [0.717, 1.165) is 12.1 Å². The number of carbonyl (C=O) groups is 1. The lowest BCUT2D eigenvalue weighted by molar-refractivity contribution is -0.137. The van der Waals surface area contributed by atoms with Gasteiger partial charge in [0.25, 0.3) is 0 Å². The zero-order valence-electron chi connectivity index (χ0n) is 10.5. The highest BCUT2D eigenvalue weighted by atomic mass is 19.4. The zero-order valence-corrected chi connectivity index (χ0v) is 10.5. The van der Waals surface area contributed by atoms with E-state index in [1.54, 1.807) is 6.92 Å². The summed E-state index contributed by atoms with van der Waals surface area (Å²) in [7, 11) is 1.26. The van der Waals surface area contributed by atoms with E-state index in [1.165, 1.54) is 13.2 Å². The molecule has 19 heavy (non-hydrogen) atoms. The van der Waals surface area contributed by atoms with Gasteiger partial charge in [-0.2, -0.15) is 13.2 Å². The Morgan fingerprint density at radius 3 is 2.58 bits per heavy atom. The Morgan fingerprint density at radius 2 is 2.11 bits per heavy atom. The zero-order chi connectivity index (χ0) is 14.6. The van der Waals surface area contributed by atoms with Crippen LogP contribution in [0, 0.1) is 0 Å². The molecule has 0 unspecified atom stereocenters. The first-order valence-electron chi connectivity index (χ1n) is 5.61. The smallest absolute Gasteiger partial charge is 0.418 e. The van der Waals surface area contributed by atoms with Crippen LogP contribution in [0.25, 0.3) is 0 Å². The third kappa shape index (κ3) is 3.85. The Kier molecular flexibility index (Phi) is 4.77. The van der Waals surface area contributed by atoms with E-state index in [1.807, 2.05) is 0 Å². The lowest BCUT2D eigenvalue weighted by Crippen LogP contribution is -2.35. The lowest BCUT2D eigenvalue weighted by Gasteiger charge is -2.16. The van der Waals surface area contributed by atoms with Crippen molar-refractivity contribution in [3.05, 3.63) is 23.8 Å². The fourth-order valence-electron chi connectivity index (χ4n) is 1.40. The van der Waals surface area contributed by atoms with Gasteiger partial charge < -0.3 is 15.8 Å². The van der Waals surface area contributed by atoms with Crippen molar-refractivity contribution in [1.82, 2.24) is 0 Å². The lowest BCUT2D eigenvalue weighted by atomic mass is 10.1. The molecule has 1 amide bonds. The van der Waals surface area contributed by atoms with Gasteiger partial charge in [-0.05, 0) is 24.6 Å². The molecule has 0 aliphatic rings. The maximum atomic E-state index is 12.9. The van der Waals surface area contributed by atoms with E-state index in [-0.39, 0.29) is 11.4 Å². The van der Waals surface area contributed by atoms with Crippen LogP contribution in [0.3, 0.4) is 0 Å². The van der Waals surface area contributed by atoms with E-state index in [4.69, 9.17) is 10.5 Å². The van der Waals surface area contributed by atoms with Gasteiger partial charge in [-0.3, -0.25) is 4.79 Å². The van der Waals surface area contributed by atoms with Gasteiger partial charge in [-0.15, -0.1) is 0 Å². The second-order valence-electron chi connectivity index (χ2n) is 3.91. The van der Waals surface area contributed by atoms with Gasteiger partial charge in [0.15, 0.2) is 0 Å². The highest BCUT2D eigenvalue weighted by Gasteiger charge is 2.34. The molecular formula is C12H15F3N2O2. The first-order chi connectivity index (χ1) is 8.79. The number of rotatable bonds is 4. The van der Waals surface area contributed by atoms with Gasteiger partial charge in [0.2, 0.25) is 5.91 Å². The third-order valence-electron chi connectivity index (χ3n) is 2.57. The molecule has 1 atom stereocenters. The summed E-state index contributed by atoms with van der Waals surface area (Å²) in [6.07, 6.45) is -4.25. The largest absolute Gasteiger partial charge is 0.497 e. The van der Waals surface area contributed by atoms with Crippen molar-refractivity contribution in [3.8, 4) is 5.75 Å². The van der Waals surface area contributed by atoms with Gasteiger partial charge in [0.1, 0.15) is 5.75 Å². The fraction of sp³-hybridized carbons (Fsp3) is 0.417. The van der Waals surface area contributed by atoms with Crippen molar-refractivity contribution < 1.29 is 22.7 Å². The number of nitrogens with one attached hydrogen (secondary N) is 1. The predicted octanol–water partition coefficient (Wildman–Crippen LogP) is 2.39. The molecular weight excluding hydrogens is 261 g/mol. The Morgan fingerprint density at radius 1 is 1.47 bits per heavy atom. The van der Waals surface area contributed by atoms with E-state index in [9.17, 15) is 18.0 Å². The number of alkyl halides is 3. The number of carbonyl (C=O) groups excluding carboxylic acids is 1. The first kappa shape index (κ1) is 15.3. The second kappa shape index (κ2) is 5.92. The van der Waals surface area contributed by atoms with Gasteiger partial charge in [0, 0.05) is 0 Å². The number of halogens is 3. The molecule has 106 valence electrons. The van der Waals surface area contributed by atoms with Gasteiger partial charge in [-0.25, -0.2) is 0 Å². The average molecular weight is 276 g/mol. The van der Waals surface area contributed by atoms with Crippen LogP contribution >= 0.6 is 0 Å². The molecule has 0 spiro atoms. The molecule has 0 bridgehead atoms. The van der Waals surface area contributed by atoms with Crippen molar-refractivity contribution >= 4 is 11.6 Å². The topological polar surface area (TPSA) is 64.4 Å². The van der Waals surface area contributed by atoms with Crippen LogP contribution in [-0.4, -0.2) is 19.1 Å². The maximum absolute atomic E-state index is 12.9. The van der Waals surface area contributed by atoms with Crippen molar-refractivity contribution in [2.45, 2.75) is 25.6 Å². The summed E-state index contributed by atoms with van der Waals surface area (Å²) in [6.45, 7) is 1.67. The van der Waals surface area contributed by atoms with E-state index < -0.39 is 23.7 Å². The molecule has 0 aliphatic carbocycles. The summed E-state index contributed by atoms with van der Waals surface area (Å²) in [5.74, 6) is -0.594. The quantitative estimate of drug-likeness (QED) is 0.887. The Bertz CT molecular complexity index is 461. The van der Waals surface area contributed by atoms with Crippen LogP contribution in [0.2, 0.25) is 0 Å². The molecule has 0 saturated heterocycles. The number of ether oxygens (including phenoxy) is 1. The highest BCUT2D eigenvalue weighted by Crippen LogP contribution is 2.37. The summed E-state index contributed by atoms with van der Waals surface area (Å²) in [4.78, 5) is 11.5. The van der Waals surface area contributed by atoms with E-state index in [2.05, 4.69) is 5.32 Å². The summed E-state index contributed by atoms with van der Waals surface area (Å²) in [5.41, 5.74) is 4.16. The van der Waals surface area contributed by atoms with Gasteiger partial charge in [-0.1, -0.05) is 6.92 Å². The van der Waals surface area contributed by atoms with Crippen molar-refractivity contribution in [1.29, 1.82) is 0 Å². The standard InChI is InChI=1S/C12H15F3N2O2/c1-3-9(16)11(18)17-10-5-4-7(19-2)6-8(10)12(13,14)15/h4-6,9H,3,16H2,1-2H3,(H,17,18)/t9-/m1/s1. The minimum atomic E-state index is -4.59. The van der Waals surface area contributed by atoms with Crippen LogP contribution in [-0.2, 0) is 11.0 Å². The molecule has 3 N–H and O–H groups in total. The van der Waals surface area contributed by atoms with Crippen molar-refractivity contribution in [3.63, 3.8) is 0 Å². The fourth-order valence-corrected chi connectivity index (χ4v) is 1.40. The summed E-state index contributed by atoms with van der Waals surface area (Å²) in [6, 6.07) is 2.46. The minimum Gasteiger partial charge on any atom is -0.497 e. The average Bonchev–Trinajstić information content (AvgIpc) is 2.36. The Hall–Kier alpha value is -1.76. The number of methoxy groups -OCH3 is 1. The van der Waals surface area contributed by atoms with Crippen LogP contribution in [0.1, 0.15) is 18.9 Å². The van der Waals surface area contributed by atoms with Crippen molar-refractivity contribution in [2.24, 2.45) is 5.73 Å². The molecule has 4 nitrogen and oxygen atoms in total. The molecule has 0 fully saturated rings. The minimum absolute atomic E-state index is 0.0603. The molecule has 0 saturated carbocycles. The summed E-state index contributed by atoms with van der Waals surface area (Å²) < 4.78 is 43.3. The number of nitrogens with two attached hydrogens (primary N) is 1. The molecule has 0 aliphatic heterocycles. The number of benzene rings is 1.